The van der Waals surface area contributed by atoms with Crippen molar-refractivity contribution in [3.05, 3.63) is 65.0 Å². The molecule has 0 amide bonds. The smallest absolute Gasteiger partial charge is 0.128 e. The highest BCUT2D eigenvalue weighted by Gasteiger charge is 2.30. The van der Waals surface area contributed by atoms with Crippen molar-refractivity contribution in [2.24, 2.45) is 0 Å². The molecule has 0 saturated carbocycles. The van der Waals surface area contributed by atoms with Crippen molar-refractivity contribution in [2.75, 3.05) is 7.05 Å². The van der Waals surface area contributed by atoms with Crippen LogP contribution in [0.4, 0.5) is 4.39 Å². The summed E-state index contributed by atoms with van der Waals surface area (Å²) in [6.45, 7) is 4.16. The van der Waals surface area contributed by atoms with E-state index in [0.29, 0.717) is 5.56 Å². The molecule has 1 aliphatic rings. The second-order valence-electron chi connectivity index (χ2n) is 6.15. The van der Waals surface area contributed by atoms with Gasteiger partial charge in [0.2, 0.25) is 0 Å². The topological polar surface area (TPSA) is 21.3 Å². The molecule has 0 aliphatic carbocycles. The molecule has 110 valence electrons. The van der Waals surface area contributed by atoms with Crippen LogP contribution in [0.5, 0.6) is 5.75 Å². The van der Waals surface area contributed by atoms with Gasteiger partial charge in [-0.25, -0.2) is 4.39 Å². The molecule has 2 nitrogen and oxygen atoms in total. The third kappa shape index (κ3) is 2.66. The zero-order chi connectivity index (χ0) is 15.0. The van der Waals surface area contributed by atoms with Crippen molar-refractivity contribution in [3.63, 3.8) is 0 Å². The second-order valence-corrected chi connectivity index (χ2v) is 6.15. The fraction of sp³-hybridized carbons (Fsp3) is 0.333. The van der Waals surface area contributed by atoms with E-state index in [1.165, 1.54) is 11.6 Å². The molecule has 1 unspecified atom stereocenters. The van der Waals surface area contributed by atoms with Gasteiger partial charge in [0.1, 0.15) is 17.2 Å². The van der Waals surface area contributed by atoms with Gasteiger partial charge in [-0.2, -0.15) is 0 Å². The number of benzene rings is 2. The molecule has 21 heavy (non-hydrogen) atoms. The Morgan fingerprint density at radius 1 is 1.19 bits per heavy atom. The third-order valence-corrected chi connectivity index (χ3v) is 3.93. The van der Waals surface area contributed by atoms with E-state index in [1.807, 2.05) is 31.3 Å². The molecule has 3 heteroatoms. The van der Waals surface area contributed by atoms with Gasteiger partial charge in [-0.15, -0.1) is 0 Å². The predicted molar refractivity (Wildman–Crippen MR) is 82.2 cm³/mol. The first-order chi connectivity index (χ1) is 10.00. The number of hydrogen-bond acceptors (Lipinski definition) is 2. The molecule has 1 aliphatic heterocycles. The van der Waals surface area contributed by atoms with Crippen molar-refractivity contribution < 1.29 is 9.13 Å². The van der Waals surface area contributed by atoms with Crippen molar-refractivity contribution in [2.45, 2.75) is 31.9 Å². The normalized spacial score (nSPS) is 17.1. The summed E-state index contributed by atoms with van der Waals surface area (Å²) in [5, 5.41) is 3.21. The Labute approximate surface area is 125 Å². The first kappa shape index (κ1) is 14.1. The van der Waals surface area contributed by atoms with E-state index in [1.54, 1.807) is 6.07 Å². The number of hydrogen-bond donors (Lipinski definition) is 1. The zero-order valence-corrected chi connectivity index (χ0v) is 12.6. The van der Waals surface area contributed by atoms with Crippen LogP contribution < -0.4 is 10.1 Å². The van der Waals surface area contributed by atoms with E-state index in [0.717, 1.165) is 17.7 Å². The van der Waals surface area contributed by atoms with E-state index in [4.69, 9.17) is 4.74 Å². The molecule has 0 spiro atoms. The van der Waals surface area contributed by atoms with Gasteiger partial charge >= 0.3 is 0 Å². The van der Waals surface area contributed by atoms with Gasteiger partial charge in [-0.1, -0.05) is 30.3 Å². The fourth-order valence-electron chi connectivity index (χ4n) is 3.02. The van der Waals surface area contributed by atoms with Gasteiger partial charge in [0.25, 0.3) is 0 Å². The summed E-state index contributed by atoms with van der Waals surface area (Å²) in [6.07, 6.45) is 0.879. The Morgan fingerprint density at radius 2 is 1.95 bits per heavy atom. The van der Waals surface area contributed by atoms with Crippen LogP contribution >= 0.6 is 0 Å². The summed E-state index contributed by atoms with van der Waals surface area (Å²) in [7, 11) is 1.85. The summed E-state index contributed by atoms with van der Waals surface area (Å²) >= 11 is 0. The maximum Gasteiger partial charge on any atom is 0.128 e. The maximum absolute atomic E-state index is 14.0. The number of halogens is 1. The Kier molecular flexibility index (Phi) is 3.46. The molecule has 2 aromatic rings. The molecule has 0 bridgehead atoms. The largest absolute Gasteiger partial charge is 0.487 e. The maximum atomic E-state index is 14.0. The Hall–Kier alpha value is -1.87. The lowest BCUT2D eigenvalue weighted by molar-refractivity contribution is 0.138. The zero-order valence-electron chi connectivity index (χ0n) is 12.6. The lowest BCUT2D eigenvalue weighted by Crippen LogP contribution is -2.24. The van der Waals surface area contributed by atoms with Crippen LogP contribution in [0.25, 0.3) is 0 Å². The van der Waals surface area contributed by atoms with Gasteiger partial charge in [-0.05, 0) is 44.2 Å². The quantitative estimate of drug-likeness (QED) is 0.925. The fourth-order valence-corrected chi connectivity index (χ4v) is 3.02. The minimum Gasteiger partial charge on any atom is -0.487 e. The highest BCUT2D eigenvalue weighted by Crippen LogP contribution is 2.37. The van der Waals surface area contributed by atoms with Crippen LogP contribution in [0.2, 0.25) is 0 Å². The van der Waals surface area contributed by atoms with Gasteiger partial charge in [0.05, 0.1) is 6.04 Å². The van der Waals surface area contributed by atoms with Gasteiger partial charge in [0.15, 0.2) is 0 Å². The molecular formula is C18H20FNO. The lowest BCUT2D eigenvalue weighted by atomic mass is 9.94. The van der Waals surface area contributed by atoms with Crippen molar-refractivity contribution in [1.82, 2.24) is 5.32 Å². The second kappa shape index (κ2) is 5.15. The average molecular weight is 285 g/mol. The summed E-state index contributed by atoms with van der Waals surface area (Å²) in [5.41, 5.74) is 2.75. The molecule has 0 saturated heterocycles. The molecular weight excluding hydrogens is 265 g/mol. The molecule has 1 atom stereocenters. The summed E-state index contributed by atoms with van der Waals surface area (Å²) in [6, 6.07) is 12.9. The Morgan fingerprint density at radius 3 is 2.67 bits per heavy atom. The minimum absolute atomic E-state index is 0.153. The number of rotatable bonds is 3. The lowest BCUT2D eigenvalue weighted by Gasteiger charge is -2.18. The van der Waals surface area contributed by atoms with Crippen molar-refractivity contribution in [1.29, 1.82) is 0 Å². The summed E-state index contributed by atoms with van der Waals surface area (Å²) in [4.78, 5) is 0. The van der Waals surface area contributed by atoms with E-state index in [9.17, 15) is 4.39 Å². The van der Waals surface area contributed by atoms with Gasteiger partial charge in [0, 0.05) is 12.0 Å². The van der Waals surface area contributed by atoms with Crippen molar-refractivity contribution >= 4 is 0 Å². The van der Waals surface area contributed by atoms with Crippen molar-refractivity contribution in [3.8, 4) is 5.75 Å². The SMILES string of the molecule is CNC(c1ccc2c(c1)CC(C)(C)O2)c1ccccc1F. The molecule has 0 fully saturated rings. The Bertz CT molecular complexity index is 666. The van der Waals surface area contributed by atoms with Gasteiger partial charge < -0.3 is 10.1 Å². The van der Waals surface area contributed by atoms with E-state index < -0.39 is 0 Å². The highest BCUT2D eigenvalue weighted by molar-refractivity contribution is 5.45. The molecule has 2 aromatic carbocycles. The Balaban J connectivity index is 1.99. The van der Waals surface area contributed by atoms with Crippen LogP contribution in [-0.2, 0) is 6.42 Å². The van der Waals surface area contributed by atoms with E-state index in [-0.39, 0.29) is 17.5 Å². The third-order valence-electron chi connectivity index (χ3n) is 3.93. The molecule has 3 rings (SSSR count). The summed E-state index contributed by atoms with van der Waals surface area (Å²) in [5.74, 6) is 0.751. The van der Waals surface area contributed by atoms with Crippen LogP contribution in [0.1, 0.15) is 36.6 Å². The van der Waals surface area contributed by atoms with Crippen LogP contribution in [0.15, 0.2) is 42.5 Å². The monoisotopic (exact) mass is 285 g/mol. The van der Waals surface area contributed by atoms with E-state index in [2.05, 4.69) is 25.2 Å². The first-order valence-electron chi connectivity index (χ1n) is 7.24. The minimum atomic E-state index is -0.186. The number of nitrogens with one attached hydrogen (secondary N) is 1. The number of ether oxygens (including phenoxy) is 1. The average Bonchev–Trinajstić information content (AvgIpc) is 2.75. The summed E-state index contributed by atoms with van der Waals surface area (Å²) < 4.78 is 19.9. The number of fused-ring (bicyclic) bond motifs is 1. The first-order valence-corrected chi connectivity index (χ1v) is 7.24. The highest BCUT2D eigenvalue weighted by atomic mass is 19.1. The standard InChI is InChI=1S/C18H20FNO/c1-18(2)11-13-10-12(8-9-16(13)21-18)17(20-3)14-6-4-5-7-15(14)19/h4-10,17,20H,11H2,1-3H3. The predicted octanol–water partition coefficient (Wildman–Crippen LogP) is 3.85. The van der Waals surface area contributed by atoms with Crippen LogP contribution in [-0.4, -0.2) is 12.6 Å². The molecule has 1 N–H and O–H groups in total. The van der Waals surface area contributed by atoms with E-state index >= 15 is 0 Å². The van der Waals surface area contributed by atoms with Crippen LogP contribution in [0.3, 0.4) is 0 Å². The van der Waals surface area contributed by atoms with Gasteiger partial charge in [-0.3, -0.25) is 0 Å². The molecule has 0 aromatic heterocycles. The van der Waals surface area contributed by atoms with Crippen LogP contribution in [0, 0.1) is 5.82 Å². The molecule has 0 radical (unpaired) electrons. The molecule has 1 heterocycles.